The Labute approximate surface area is 112 Å². The van der Waals surface area contributed by atoms with Crippen LogP contribution in [0, 0.1) is 22.0 Å². The van der Waals surface area contributed by atoms with Crippen LogP contribution in [0.25, 0.3) is 0 Å². The lowest BCUT2D eigenvalue weighted by molar-refractivity contribution is -0.384. The topological polar surface area (TPSA) is 79.5 Å². The third-order valence-electron chi connectivity index (χ3n) is 4.30. The molecule has 0 saturated carbocycles. The second kappa shape index (κ2) is 4.77. The monoisotopic (exact) mass is 265 g/mol. The molecule has 0 spiro atoms. The number of pyridine rings is 1. The van der Waals surface area contributed by atoms with Crippen LogP contribution < -0.4 is 4.90 Å². The van der Waals surface area contributed by atoms with E-state index in [1.54, 1.807) is 12.3 Å². The van der Waals surface area contributed by atoms with Crippen molar-refractivity contribution in [2.45, 2.75) is 26.4 Å². The molecule has 2 rings (SSSR count). The van der Waals surface area contributed by atoms with E-state index in [1.165, 1.54) is 6.20 Å². The van der Waals surface area contributed by atoms with Gasteiger partial charge in [-0.1, -0.05) is 13.8 Å². The van der Waals surface area contributed by atoms with E-state index in [2.05, 4.69) is 4.98 Å². The number of anilines is 1. The van der Waals surface area contributed by atoms with E-state index in [-0.39, 0.29) is 17.5 Å². The number of hydrogen-bond acceptors (Lipinski definition) is 5. The van der Waals surface area contributed by atoms with Gasteiger partial charge in [0, 0.05) is 31.1 Å². The lowest BCUT2D eigenvalue weighted by Crippen LogP contribution is -2.55. The second-order valence-corrected chi connectivity index (χ2v) is 5.55. The first kappa shape index (κ1) is 13.7. The highest BCUT2D eigenvalue weighted by Crippen LogP contribution is 2.37. The summed E-state index contributed by atoms with van der Waals surface area (Å²) in [6.07, 6.45) is 2.84. The minimum absolute atomic E-state index is 0.0171. The van der Waals surface area contributed by atoms with Crippen LogP contribution in [0.5, 0.6) is 0 Å². The molecule has 19 heavy (non-hydrogen) atoms. The Balaban J connectivity index is 2.32. The molecule has 0 amide bonds. The van der Waals surface area contributed by atoms with Crippen LogP contribution >= 0.6 is 0 Å². The zero-order valence-electron chi connectivity index (χ0n) is 11.4. The average molecular weight is 265 g/mol. The molecule has 1 aliphatic heterocycles. The van der Waals surface area contributed by atoms with E-state index >= 15 is 0 Å². The van der Waals surface area contributed by atoms with Crippen molar-refractivity contribution in [2.24, 2.45) is 11.8 Å². The SMILES string of the molecule is C[C@@H]1CN(c2ccncc2[N+](=O)[O-])C[C@H](C)C1(C)O. The van der Waals surface area contributed by atoms with E-state index < -0.39 is 10.5 Å². The highest BCUT2D eigenvalue weighted by atomic mass is 16.6. The predicted octanol–water partition coefficient (Wildman–Crippen LogP) is 1.83. The lowest BCUT2D eigenvalue weighted by atomic mass is 9.76. The number of nitrogens with zero attached hydrogens (tertiary/aromatic N) is 3. The summed E-state index contributed by atoms with van der Waals surface area (Å²) < 4.78 is 0. The summed E-state index contributed by atoms with van der Waals surface area (Å²) >= 11 is 0. The summed E-state index contributed by atoms with van der Waals surface area (Å²) in [5.74, 6) is 0.0908. The van der Waals surface area contributed by atoms with Crippen molar-refractivity contribution in [1.29, 1.82) is 0 Å². The van der Waals surface area contributed by atoms with Crippen molar-refractivity contribution in [2.75, 3.05) is 18.0 Å². The van der Waals surface area contributed by atoms with E-state index in [1.807, 2.05) is 25.7 Å². The van der Waals surface area contributed by atoms with Gasteiger partial charge in [0.05, 0.1) is 10.5 Å². The Kier molecular flexibility index (Phi) is 3.45. The normalized spacial score (nSPS) is 31.3. The van der Waals surface area contributed by atoms with Gasteiger partial charge >= 0.3 is 5.69 Å². The van der Waals surface area contributed by atoms with Crippen LogP contribution in [0.15, 0.2) is 18.5 Å². The molecular weight excluding hydrogens is 246 g/mol. The number of aliphatic hydroxyl groups is 1. The first-order valence-corrected chi connectivity index (χ1v) is 6.39. The van der Waals surface area contributed by atoms with Crippen LogP contribution in [0.4, 0.5) is 11.4 Å². The first-order valence-electron chi connectivity index (χ1n) is 6.39. The summed E-state index contributed by atoms with van der Waals surface area (Å²) in [5.41, 5.74) is -0.143. The van der Waals surface area contributed by atoms with Crippen molar-refractivity contribution < 1.29 is 10.0 Å². The molecule has 0 aliphatic carbocycles. The Bertz CT molecular complexity index is 476. The van der Waals surface area contributed by atoms with Gasteiger partial charge in [-0.15, -0.1) is 0 Å². The van der Waals surface area contributed by atoms with Crippen molar-refractivity contribution in [3.8, 4) is 0 Å². The van der Waals surface area contributed by atoms with Gasteiger partial charge < -0.3 is 10.0 Å². The summed E-state index contributed by atoms with van der Waals surface area (Å²) in [7, 11) is 0. The Hall–Kier alpha value is -1.69. The molecule has 1 aromatic rings. The van der Waals surface area contributed by atoms with E-state index in [0.29, 0.717) is 18.8 Å². The largest absolute Gasteiger partial charge is 0.389 e. The molecule has 0 bridgehead atoms. The molecule has 0 aromatic carbocycles. The molecule has 0 radical (unpaired) electrons. The molecule has 1 aromatic heterocycles. The Morgan fingerprint density at radius 2 is 2.05 bits per heavy atom. The van der Waals surface area contributed by atoms with Crippen molar-refractivity contribution in [1.82, 2.24) is 4.98 Å². The van der Waals surface area contributed by atoms with E-state index in [9.17, 15) is 15.2 Å². The number of aromatic nitrogens is 1. The zero-order chi connectivity index (χ0) is 14.2. The maximum atomic E-state index is 11.0. The van der Waals surface area contributed by atoms with Gasteiger partial charge in [-0.05, 0) is 13.0 Å². The standard InChI is InChI=1S/C13H19N3O3/c1-9-7-15(8-10(2)13(9,3)17)11-4-5-14-6-12(11)16(18)19/h4-6,9-10,17H,7-8H2,1-3H3/t9-,10+,13?. The first-order chi connectivity index (χ1) is 8.84. The molecule has 1 fully saturated rings. The molecule has 1 saturated heterocycles. The summed E-state index contributed by atoms with van der Waals surface area (Å²) in [6.45, 7) is 6.97. The summed E-state index contributed by atoms with van der Waals surface area (Å²) in [5, 5.41) is 21.4. The number of nitro groups is 1. The van der Waals surface area contributed by atoms with Crippen LogP contribution in [0.3, 0.4) is 0 Å². The fraction of sp³-hybridized carbons (Fsp3) is 0.615. The van der Waals surface area contributed by atoms with Gasteiger partial charge in [0.1, 0.15) is 11.9 Å². The van der Waals surface area contributed by atoms with Gasteiger partial charge in [0.25, 0.3) is 0 Å². The van der Waals surface area contributed by atoms with Crippen molar-refractivity contribution in [3.63, 3.8) is 0 Å². The lowest BCUT2D eigenvalue weighted by Gasteiger charge is -2.46. The molecule has 1 N–H and O–H groups in total. The third kappa shape index (κ3) is 2.40. The zero-order valence-corrected chi connectivity index (χ0v) is 11.4. The fourth-order valence-electron chi connectivity index (χ4n) is 2.57. The number of piperidine rings is 1. The fourth-order valence-corrected chi connectivity index (χ4v) is 2.57. The van der Waals surface area contributed by atoms with E-state index in [0.717, 1.165) is 0 Å². The smallest absolute Gasteiger partial charge is 0.310 e. The highest BCUT2D eigenvalue weighted by Gasteiger charge is 2.41. The van der Waals surface area contributed by atoms with E-state index in [4.69, 9.17) is 0 Å². The molecule has 2 heterocycles. The average Bonchev–Trinajstić information content (AvgIpc) is 2.36. The Morgan fingerprint density at radius 1 is 1.47 bits per heavy atom. The third-order valence-corrected chi connectivity index (χ3v) is 4.30. The number of rotatable bonds is 2. The molecule has 1 unspecified atom stereocenters. The minimum atomic E-state index is -0.738. The summed E-state index contributed by atoms with van der Waals surface area (Å²) in [6, 6.07) is 1.66. The number of hydrogen-bond donors (Lipinski definition) is 1. The van der Waals surface area contributed by atoms with Gasteiger partial charge in [-0.3, -0.25) is 15.1 Å². The highest BCUT2D eigenvalue weighted by molar-refractivity contribution is 5.62. The van der Waals surface area contributed by atoms with Gasteiger partial charge in [-0.25, -0.2) is 0 Å². The second-order valence-electron chi connectivity index (χ2n) is 5.55. The van der Waals surface area contributed by atoms with Crippen LogP contribution in [-0.4, -0.2) is 33.7 Å². The van der Waals surface area contributed by atoms with Gasteiger partial charge in [-0.2, -0.15) is 0 Å². The summed E-state index contributed by atoms with van der Waals surface area (Å²) in [4.78, 5) is 16.4. The van der Waals surface area contributed by atoms with Gasteiger partial charge in [0.15, 0.2) is 0 Å². The molecule has 104 valence electrons. The molecule has 3 atom stereocenters. The molecule has 6 nitrogen and oxygen atoms in total. The molecular formula is C13H19N3O3. The van der Waals surface area contributed by atoms with Crippen molar-refractivity contribution in [3.05, 3.63) is 28.6 Å². The maximum absolute atomic E-state index is 11.0. The van der Waals surface area contributed by atoms with Crippen LogP contribution in [-0.2, 0) is 0 Å². The molecule has 1 aliphatic rings. The minimum Gasteiger partial charge on any atom is -0.389 e. The predicted molar refractivity (Wildman–Crippen MR) is 72.1 cm³/mol. The Morgan fingerprint density at radius 3 is 2.58 bits per heavy atom. The van der Waals surface area contributed by atoms with Crippen molar-refractivity contribution >= 4 is 11.4 Å². The van der Waals surface area contributed by atoms with Crippen LogP contribution in [0.1, 0.15) is 20.8 Å². The van der Waals surface area contributed by atoms with Crippen LogP contribution in [0.2, 0.25) is 0 Å². The van der Waals surface area contributed by atoms with Gasteiger partial charge in [0.2, 0.25) is 0 Å². The quantitative estimate of drug-likeness (QED) is 0.652. The maximum Gasteiger partial charge on any atom is 0.310 e. The molecule has 6 heteroatoms.